The van der Waals surface area contributed by atoms with Gasteiger partial charge in [0, 0.05) is 10.8 Å². The summed E-state index contributed by atoms with van der Waals surface area (Å²) in [4.78, 5) is 83.9. The Bertz CT molecular complexity index is 1750. The van der Waals surface area contributed by atoms with Crippen molar-refractivity contribution in [2.75, 3.05) is 0 Å². The summed E-state index contributed by atoms with van der Waals surface area (Å²) in [7, 11) is -21.0. The van der Waals surface area contributed by atoms with Crippen LogP contribution in [0.3, 0.4) is 0 Å². The molecule has 8 N–H and O–H groups in total. The zero-order chi connectivity index (χ0) is 30.3. The van der Waals surface area contributed by atoms with E-state index in [-0.39, 0.29) is 69.1 Å². The molecule has 4 rings (SSSR count). The lowest BCUT2D eigenvalue weighted by Crippen LogP contribution is -2.29. The first-order valence-corrected chi connectivity index (χ1v) is 18.8. The molecule has 12 nitrogen and oxygen atoms in total. The van der Waals surface area contributed by atoms with Crippen molar-refractivity contribution in [2.24, 2.45) is 0 Å². The Labute approximate surface area is 229 Å². The molecule has 0 aliphatic heterocycles. The molecule has 16 heteroatoms. The molecule has 218 valence electrons. The maximum atomic E-state index is 13.1. The van der Waals surface area contributed by atoms with E-state index in [1.807, 2.05) is 0 Å². The van der Waals surface area contributed by atoms with Crippen LogP contribution in [0.25, 0.3) is 32.3 Å². The molecule has 0 bridgehead atoms. The van der Waals surface area contributed by atoms with Gasteiger partial charge >= 0.3 is 30.4 Å². The van der Waals surface area contributed by atoms with Gasteiger partial charge in [0.2, 0.25) is 0 Å². The van der Waals surface area contributed by atoms with Crippen LogP contribution >= 0.6 is 30.4 Å². The molecule has 0 amide bonds. The average molecular weight is 634 g/mol. The van der Waals surface area contributed by atoms with Gasteiger partial charge in [-0.15, -0.1) is 0 Å². The summed E-state index contributed by atoms with van der Waals surface area (Å²) >= 11 is 0. The lowest BCUT2D eigenvalue weighted by atomic mass is 9.83. The van der Waals surface area contributed by atoms with Crippen molar-refractivity contribution in [3.05, 3.63) is 34.4 Å². The van der Waals surface area contributed by atoms with Crippen LogP contribution in [0.15, 0.2) is 12.1 Å². The van der Waals surface area contributed by atoms with Crippen LogP contribution in [0.2, 0.25) is 0 Å². The highest BCUT2D eigenvalue weighted by molar-refractivity contribution is 7.63. The smallest absolute Gasteiger partial charge is 0.321 e. The Morgan fingerprint density at radius 2 is 0.675 bits per heavy atom. The monoisotopic (exact) mass is 634 g/mol. The van der Waals surface area contributed by atoms with Crippen LogP contribution in [-0.2, 0) is 43.9 Å². The van der Waals surface area contributed by atoms with Crippen LogP contribution in [0.1, 0.15) is 49.9 Å². The van der Waals surface area contributed by atoms with Gasteiger partial charge in [0.15, 0.2) is 0 Å². The zero-order valence-corrected chi connectivity index (χ0v) is 25.6. The summed E-state index contributed by atoms with van der Waals surface area (Å²) in [6.07, 6.45) is -0.0730. The van der Waals surface area contributed by atoms with Crippen molar-refractivity contribution in [1.29, 1.82) is 0 Å². The topological polar surface area (TPSA) is 230 Å². The quantitative estimate of drug-likeness (QED) is 0.103. The molecule has 0 unspecified atom stereocenters. The lowest BCUT2D eigenvalue weighted by molar-refractivity contribution is 0.383. The first-order valence-electron chi connectivity index (χ1n) is 12.4. The van der Waals surface area contributed by atoms with Gasteiger partial charge in [-0.05, 0) is 69.5 Å². The SMILES string of the molecule is CCc1c(P(=O)(O)O)c2ccc3c(P(=O)(O)O)c(CC)c(P(=O)(O)O)c4c(CC)c(CC)c(c1P(=O)(O)O)c2c34. The van der Waals surface area contributed by atoms with E-state index in [9.17, 15) is 57.4 Å². The molecule has 0 aliphatic carbocycles. The zero-order valence-electron chi connectivity index (χ0n) is 22.0. The average Bonchev–Trinajstić information content (AvgIpc) is 2.81. The van der Waals surface area contributed by atoms with E-state index in [1.165, 1.54) is 26.0 Å². The van der Waals surface area contributed by atoms with E-state index in [1.54, 1.807) is 13.8 Å². The minimum atomic E-state index is -5.25. The molecule has 0 saturated heterocycles. The third kappa shape index (κ3) is 4.65. The van der Waals surface area contributed by atoms with Gasteiger partial charge in [0.25, 0.3) is 0 Å². The molecule has 0 heterocycles. The number of benzene rings is 4. The molecule has 4 aromatic carbocycles. The third-order valence-corrected chi connectivity index (χ3v) is 11.7. The second kappa shape index (κ2) is 10.1. The van der Waals surface area contributed by atoms with E-state index in [4.69, 9.17) is 0 Å². The molecule has 0 aromatic heterocycles. The van der Waals surface area contributed by atoms with E-state index in [0.29, 0.717) is 11.1 Å². The molecular formula is C24H30O12P4. The van der Waals surface area contributed by atoms with Gasteiger partial charge in [0.05, 0.1) is 21.2 Å². The Balaban J connectivity index is 2.70. The van der Waals surface area contributed by atoms with Gasteiger partial charge < -0.3 is 39.1 Å². The highest BCUT2D eigenvalue weighted by atomic mass is 31.2. The largest absolute Gasteiger partial charge is 0.357 e. The van der Waals surface area contributed by atoms with Crippen molar-refractivity contribution >= 4 is 83.9 Å². The summed E-state index contributed by atoms with van der Waals surface area (Å²) < 4.78 is 51.8. The maximum Gasteiger partial charge on any atom is 0.357 e. The summed E-state index contributed by atoms with van der Waals surface area (Å²) in [6.45, 7) is 6.33. The number of aryl methyl sites for hydroxylation is 2. The molecule has 0 spiro atoms. The van der Waals surface area contributed by atoms with Crippen LogP contribution in [0.5, 0.6) is 0 Å². The fourth-order valence-electron chi connectivity index (χ4n) is 6.25. The van der Waals surface area contributed by atoms with Crippen LogP contribution in [0, 0.1) is 0 Å². The Morgan fingerprint density at radius 1 is 0.425 bits per heavy atom. The van der Waals surface area contributed by atoms with Crippen molar-refractivity contribution in [2.45, 2.75) is 53.4 Å². The molecule has 0 fully saturated rings. The van der Waals surface area contributed by atoms with Gasteiger partial charge in [-0.3, -0.25) is 18.3 Å². The normalized spacial score (nSPS) is 13.8. The summed E-state index contributed by atoms with van der Waals surface area (Å²) in [6, 6.07) is 2.48. The predicted molar refractivity (Wildman–Crippen MR) is 154 cm³/mol. The van der Waals surface area contributed by atoms with Crippen molar-refractivity contribution in [3.63, 3.8) is 0 Å². The molecule has 0 saturated carbocycles. The first kappa shape index (κ1) is 31.5. The molecular weight excluding hydrogens is 604 g/mol. The van der Waals surface area contributed by atoms with Crippen molar-refractivity contribution in [3.8, 4) is 0 Å². The van der Waals surface area contributed by atoms with Crippen molar-refractivity contribution in [1.82, 2.24) is 0 Å². The van der Waals surface area contributed by atoms with Gasteiger partial charge in [-0.2, -0.15) is 0 Å². The van der Waals surface area contributed by atoms with E-state index < -0.39 is 51.6 Å². The first-order chi connectivity index (χ1) is 18.3. The Morgan fingerprint density at radius 3 is 0.875 bits per heavy atom. The number of hydrogen-bond donors (Lipinski definition) is 8. The van der Waals surface area contributed by atoms with Crippen molar-refractivity contribution < 1.29 is 57.4 Å². The van der Waals surface area contributed by atoms with E-state index >= 15 is 0 Å². The van der Waals surface area contributed by atoms with E-state index in [2.05, 4.69) is 0 Å². The second-order valence-corrected chi connectivity index (χ2v) is 15.7. The Kier molecular flexibility index (Phi) is 7.91. The lowest BCUT2D eigenvalue weighted by Gasteiger charge is -2.29. The molecule has 4 aromatic rings. The van der Waals surface area contributed by atoms with Gasteiger partial charge in [-0.1, -0.05) is 39.8 Å². The van der Waals surface area contributed by atoms with Crippen LogP contribution < -0.4 is 21.2 Å². The molecule has 0 radical (unpaired) electrons. The molecule has 0 aliphatic rings. The van der Waals surface area contributed by atoms with E-state index in [0.717, 1.165) is 0 Å². The number of hydrogen-bond acceptors (Lipinski definition) is 4. The van der Waals surface area contributed by atoms with Gasteiger partial charge in [-0.25, -0.2) is 0 Å². The molecule has 40 heavy (non-hydrogen) atoms. The standard InChI is InChI=1S/C24H30O12P4/c1-5-11-12(6-2)20-18-16(22(38(28,29)30)14(8-4)24(20)40(34,35)36)10-9-15-17(18)19(11)23(39(31,32)33)13(7-3)21(15)37(25,26)27/h9-10H,5-8H2,1-4H3,(H2,25,26,27)(H2,28,29,30)(H2,31,32,33)(H2,34,35,36). The summed E-state index contributed by atoms with van der Waals surface area (Å²) in [5.74, 6) is 0. The fraction of sp³-hybridized carbons (Fsp3) is 0.333. The minimum absolute atomic E-state index is 0.0348. The van der Waals surface area contributed by atoms with Gasteiger partial charge in [0.1, 0.15) is 0 Å². The highest BCUT2D eigenvalue weighted by Crippen LogP contribution is 2.52. The van der Waals surface area contributed by atoms with Crippen LogP contribution in [-0.4, -0.2) is 39.1 Å². The molecule has 0 atom stereocenters. The summed E-state index contributed by atoms with van der Waals surface area (Å²) in [5, 5.41) is -3.08. The summed E-state index contributed by atoms with van der Waals surface area (Å²) in [5.41, 5.74) is 0.143. The highest BCUT2D eigenvalue weighted by Gasteiger charge is 2.40. The fourth-order valence-corrected chi connectivity index (χ4v) is 11.0. The second-order valence-electron chi connectivity index (χ2n) is 9.56. The predicted octanol–water partition coefficient (Wildman–Crippen LogP) is 2.05. The Hall–Kier alpha value is -1.48. The maximum absolute atomic E-state index is 13.1. The minimum Gasteiger partial charge on any atom is -0.321 e. The number of rotatable bonds is 8. The third-order valence-electron chi connectivity index (χ3n) is 7.38. The van der Waals surface area contributed by atoms with Crippen LogP contribution in [0.4, 0.5) is 0 Å².